The van der Waals surface area contributed by atoms with E-state index < -0.39 is 17.7 Å². The van der Waals surface area contributed by atoms with Crippen molar-refractivity contribution in [1.29, 1.82) is 0 Å². The zero-order chi connectivity index (χ0) is 19.3. The monoisotopic (exact) mass is 360 g/mol. The molecule has 0 aromatic heterocycles. The van der Waals surface area contributed by atoms with E-state index in [1.165, 1.54) is 12.1 Å². The second-order valence-corrected chi connectivity index (χ2v) is 5.70. The van der Waals surface area contributed by atoms with Gasteiger partial charge in [-0.25, -0.2) is 0 Å². The average molecular weight is 360 g/mol. The van der Waals surface area contributed by atoms with Gasteiger partial charge in [-0.3, -0.25) is 4.79 Å². The van der Waals surface area contributed by atoms with E-state index in [-0.39, 0.29) is 17.6 Å². The van der Waals surface area contributed by atoms with Crippen LogP contribution in [0.15, 0.2) is 48.5 Å². The first kappa shape index (κ1) is 20.0. The topological polar surface area (TPSA) is 41.1 Å². The molecule has 0 saturated carbocycles. The van der Waals surface area contributed by atoms with Crippen molar-refractivity contribution >= 4 is 19.6 Å². The normalized spacial score (nSPS) is 18.5. The van der Waals surface area contributed by atoms with Crippen LogP contribution in [-0.2, 0) is 11.0 Å². The predicted molar refractivity (Wildman–Crippen MR) is 96.9 cm³/mol. The summed E-state index contributed by atoms with van der Waals surface area (Å²) in [5.41, 5.74) is 1.10. The molecule has 2 unspecified atom stereocenters. The van der Waals surface area contributed by atoms with Crippen LogP contribution >= 0.6 is 0 Å². The smallest absolute Gasteiger partial charge is 0.360 e. The second-order valence-electron chi connectivity index (χ2n) is 5.70. The molecule has 136 valence electrons. The summed E-state index contributed by atoms with van der Waals surface area (Å²) in [5, 5.41) is 5.24. The summed E-state index contributed by atoms with van der Waals surface area (Å²) in [7, 11) is 5.52. The lowest BCUT2D eigenvalue weighted by atomic mass is 10.0. The Morgan fingerprint density at radius 2 is 1.73 bits per heavy atom. The van der Waals surface area contributed by atoms with Crippen molar-refractivity contribution in [1.82, 2.24) is 5.23 Å². The molecule has 7 heteroatoms. The molecule has 0 heterocycles. The predicted octanol–water partition coefficient (Wildman–Crippen LogP) is 4.57. The number of carbonyl (C=O) groups is 1. The van der Waals surface area contributed by atoms with Crippen LogP contribution in [0, 0.1) is 0 Å². The molecule has 1 aliphatic carbocycles. The van der Waals surface area contributed by atoms with Crippen LogP contribution in [0.25, 0.3) is 0 Å². The van der Waals surface area contributed by atoms with E-state index >= 15 is 0 Å². The van der Waals surface area contributed by atoms with Gasteiger partial charge in [0, 0.05) is 11.7 Å². The lowest BCUT2D eigenvalue weighted by Crippen LogP contribution is -2.21. The van der Waals surface area contributed by atoms with Crippen LogP contribution in [-0.4, -0.2) is 13.9 Å². The van der Waals surface area contributed by atoms with Gasteiger partial charge in [-0.1, -0.05) is 44.2 Å². The van der Waals surface area contributed by atoms with Crippen LogP contribution in [0.5, 0.6) is 0 Å². The summed E-state index contributed by atoms with van der Waals surface area (Å²) >= 11 is 0. The number of anilines is 1. The van der Waals surface area contributed by atoms with Crippen molar-refractivity contribution in [3.8, 4) is 0 Å². The Hall–Kier alpha value is -2.28. The Labute approximate surface area is 152 Å². The van der Waals surface area contributed by atoms with Gasteiger partial charge in [0.2, 0.25) is 5.91 Å². The molecular weight excluding hydrogens is 340 g/mol. The molecule has 0 bridgehead atoms. The molecule has 0 fully saturated rings. The Kier molecular flexibility index (Phi) is 6.48. The first-order chi connectivity index (χ1) is 12.4. The molecule has 2 aromatic rings. The highest BCUT2D eigenvalue weighted by atomic mass is 19.4. The van der Waals surface area contributed by atoms with Crippen molar-refractivity contribution in [3.05, 3.63) is 65.2 Å². The molecule has 3 rings (SSSR count). The van der Waals surface area contributed by atoms with E-state index in [0.29, 0.717) is 6.42 Å². The number of hydrogen-bond acceptors (Lipinski definition) is 2. The summed E-state index contributed by atoms with van der Waals surface area (Å²) in [6.07, 6.45) is -3.99. The van der Waals surface area contributed by atoms with E-state index in [1.54, 1.807) is 0 Å². The fraction of sp³-hybridized carbons (Fsp3) is 0.316. The molecule has 0 saturated heterocycles. The standard InChI is InChI=1S/C17H14BF3N2O.C2H6/c18-23-15-9-14(12-6-1-2-7-13(12)15)16(24)22-11-5-3-4-10(8-11)17(19,20)21;1-2/h1-8,14-15,23H,9H2,(H,22,24);1-2H3. The Bertz CT molecular complexity index is 764. The van der Waals surface area contributed by atoms with Crippen molar-refractivity contribution < 1.29 is 18.0 Å². The maximum Gasteiger partial charge on any atom is 0.416 e. The van der Waals surface area contributed by atoms with Crippen LogP contribution < -0.4 is 10.5 Å². The van der Waals surface area contributed by atoms with Gasteiger partial charge in [0.15, 0.2) is 7.98 Å². The number of fused-ring (bicyclic) bond motifs is 1. The molecule has 26 heavy (non-hydrogen) atoms. The molecule has 0 spiro atoms. The third-order valence-electron chi connectivity index (χ3n) is 4.19. The highest BCUT2D eigenvalue weighted by molar-refractivity contribution is 6.05. The van der Waals surface area contributed by atoms with Gasteiger partial charge >= 0.3 is 6.18 Å². The summed E-state index contributed by atoms with van der Waals surface area (Å²) in [6.45, 7) is 4.00. The fourth-order valence-electron chi connectivity index (χ4n) is 3.04. The minimum atomic E-state index is -4.45. The third-order valence-corrected chi connectivity index (χ3v) is 4.19. The Balaban J connectivity index is 0.00000117. The molecule has 2 atom stereocenters. The van der Waals surface area contributed by atoms with Gasteiger partial charge in [0.25, 0.3) is 0 Å². The number of carbonyl (C=O) groups excluding carboxylic acids is 1. The number of nitrogens with one attached hydrogen (secondary N) is 2. The molecular formula is C19H20BF3N2O. The zero-order valence-electron chi connectivity index (χ0n) is 14.6. The fourth-order valence-corrected chi connectivity index (χ4v) is 3.04. The van der Waals surface area contributed by atoms with Crippen molar-refractivity contribution in [2.24, 2.45) is 0 Å². The molecule has 2 aromatic carbocycles. The summed E-state index contributed by atoms with van der Waals surface area (Å²) < 4.78 is 38.3. The second kappa shape index (κ2) is 8.40. The van der Waals surface area contributed by atoms with Gasteiger partial charge in [0.05, 0.1) is 11.5 Å². The minimum absolute atomic E-state index is 0.122. The molecule has 3 nitrogen and oxygen atoms in total. The zero-order valence-corrected chi connectivity index (χ0v) is 14.6. The molecule has 0 aliphatic heterocycles. The van der Waals surface area contributed by atoms with E-state index in [2.05, 4.69) is 10.5 Å². The van der Waals surface area contributed by atoms with E-state index in [1.807, 2.05) is 38.1 Å². The first-order valence-corrected chi connectivity index (χ1v) is 8.43. The lowest BCUT2D eigenvalue weighted by Gasteiger charge is -2.14. The summed E-state index contributed by atoms with van der Waals surface area (Å²) in [5.74, 6) is -0.809. The van der Waals surface area contributed by atoms with E-state index in [0.717, 1.165) is 23.3 Å². The van der Waals surface area contributed by atoms with Crippen LogP contribution in [0.4, 0.5) is 18.9 Å². The van der Waals surface area contributed by atoms with Crippen LogP contribution in [0.1, 0.15) is 48.9 Å². The van der Waals surface area contributed by atoms with Gasteiger partial charge in [-0.15, -0.1) is 0 Å². The van der Waals surface area contributed by atoms with E-state index in [9.17, 15) is 18.0 Å². The Morgan fingerprint density at radius 1 is 1.08 bits per heavy atom. The highest BCUT2D eigenvalue weighted by Gasteiger charge is 2.35. The molecule has 2 N–H and O–H groups in total. The number of amides is 1. The molecule has 2 radical (unpaired) electrons. The Morgan fingerprint density at radius 3 is 2.35 bits per heavy atom. The number of halogens is 3. The van der Waals surface area contributed by atoms with Crippen LogP contribution in [0.3, 0.4) is 0 Å². The van der Waals surface area contributed by atoms with Crippen molar-refractivity contribution in [3.63, 3.8) is 0 Å². The van der Waals surface area contributed by atoms with Crippen molar-refractivity contribution in [2.75, 3.05) is 5.32 Å². The number of rotatable bonds is 3. The SMILES string of the molecule is CC.[B]NC1CC(C(=O)Nc2cccc(C(F)(F)F)c2)c2ccccc21. The number of alkyl halides is 3. The summed E-state index contributed by atoms with van der Waals surface area (Å²) in [6, 6.07) is 11.8. The minimum Gasteiger partial charge on any atom is -0.360 e. The van der Waals surface area contributed by atoms with Gasteiger partial charge in [-0.05, 0) is 35.7 Å². The lowest BCUT2D eigenvalue weighted by molar-refractivity contribution is -0.137. The molecule has 1 aliphatic rings. The maximum atomic E-state index is 12.8. The highest BCUT2D eigenvalue weighted by Crippen LogP contribution is 2.40. The number of benzene rings is 2. The van der Waals surface area contributed by atoms with Gasteiger partial charge in [0.1, 0.15) is 0 Å². The largest absolute Gasteiger partial charge is 0.416 e. The quantitative estimate of drug-likeness (QED) is 0.788. The average Bonchev–Trinajstić information content (AvgIpc) is 3.02. The van der Waals surface area contributed by atoms with Crippen LogP contribution in [0.2, 0.25) is 0 Å². The number of hydrogen-bond donors (Lipinski definition) is 2. The van der Waals surface area contributed by atoms with Gasteiger partial charge in [-0.2, -0.15) is 13.2 Å². The summed E-state index contributed by atoms with van der Waals surface area (Å²) in [4.78, 5) is 12.5. The molecule has 1 amide bonds. The van der Waals surface area contributed by atoms with Gasteiger partial charge < -0.3 is 10.5 Å². The van der Waals surface area contributed by atoms with Crippen molar-refractivity contribution in [2.45, 2.75) is 38.4 Å². The first-order valence-electron chi connectivity index (χ1n) is 8.43. The van der Waals surface area contributed by atoms with E-state index in [4.69, 9.17) is 7.98 Å². The maximum absolute atomic E-state index is 12.8. The third kappa shape index (κ3) is 4.27.